The van der Waals surface area contributed by atoms with Gasteiger partial charge in [0.15, 0.2) is 5.17 Å². The average molecular weight is 342 g/mol. The monoisotopic (exact) mass is 342 g/mol. The molecule has 9 heteroatoms. The molecule has 1 amide bonds. The number of thioether (sulfide) groups is 1. The van der Waals surface area contributed by atoms with Crippen LogP contribution in [0.4, 0.5) is 5.69 Å². The summed E-state index contributed by atoms with van der Waals surface area (Å²) in [5.41, 5.74) is 6.18. The van der Waals surface area contributed by atoms with Gasteiger partial charge in [0.05, 0.1) is 9.83 Å². The van der Waals surface area contributed by atoms with Gasteiger partial charge in [-0.15, -0.1) is 0 Å². The van der Waals surface area contributed by atoms with Gasteiger partial charge < -0.3 is 10.5 Å². The molecule has 24 heavy (non-hydrogen) atoms. The number of pyridine rings is 1. The highest BCUT2D eigenvalue weighted by Crippen LogP contribution is 2.27. The molecule has 2 N–H and O–H groups in total. The minimum atomic E-state index is -0.530. The Bertz CT molecular complexity index is 860. The topological polar surface area (TPSA) is 121 Å². The molecule has 1 aromatic heterocycles. The number of ether oxygens (including phenoxy) is 1. The Hall–Kier alpha value is -3.20. The van der Waals surface area contributed by atoms with Crippen LogP contribution in [0.5, 0.6) is 11.6 Å². The van der Waals surface area contributed by atoms with Crippen molar-refractivity contribution in [2.75, 3.05) is 0 Å². The van der Waals surface area contributed by atoms with Gasteiger partial charge in [-0.05, 0) is 35.5 Å². The largest absolute Gasteiger partial charge is 0.439 e. The number of rotatable bonds is 4. The Kier molecular flexibility index (Phi) is 4.25. The quantitative estimate of drug-likeness (QED) is 0.515. The van der Waals surface area contributed by atoms with Crippen molar-refractivity contribution in [2.45, 2.75) is 0 Å². The summed E-state index contributed by atoms with van der Waals surface area (Å²) in [6, 6.07) is 9.65. The second-order valence-electron chi connectivity index (χ2n) is 4.65. The molecule has 0 atom stereocenters. The maximum atomic E-state index is 11.5. The molecule has 2 heterocycles. The van der Waals surface area contributed by atoms with E-state index in [1.54, 1.807) is 30.3 Å². The zero-order valence-corrected chi connectivity index (χ0v) is 12.9. The Balaban J connectivity index is 1.70. The van der Waals surface area contributed by atoms with E-state index in [0.717, 1.165) is 23.5 Å². The van der Waals surface area contributed by atoms with E-state index in [1.165, 1.54) is 12.1 Å². The third kappa shape index (κ3) is 3.58. The second-order valence-corrected chi connectivity index (χ2v) is 5.71. The number of amidine groups is 1. The summed E-state index contributed by atoms with van der Waals surface area (Å²) in [5, 5.41) is 10.8. The van der Waals surface area contributed by atoms with Crippen molar-refractivity contribution in [1.82, 2.24) is 4.98 Å². The van der Waals surface area contributed by atoms with Crippen LogP contribution >= 0.6 is 11.8 Å². The summed E-state index contributed by atoms with van der Waals surface area (Å²) in [5.74, 6) is 0.405. The SMILES string of the molecule is NC1=NC(=O)C(=Cc2ccc(Oc3ccc([N+](=O)[O-])cn3)cc2)S1. The highest BCUT2D eigenvalue weighted by molar-refractivity contribution is 8.18. The van der Waals surface area contributed by atoms with E-state index in [2.05, 4.69) is 9.98 Å². The number of carbonyl (C=O) groups excluding carboxylic acids is 1. The molecule has 0 fully saturated rings. The summed E-state index contributed by atoms with van der Waals surface area (Å²) >= 11 is 1.12. The summed E-state index contributed by atoms with van der Waals surface area (Å²) in [4.78, 5) is 29.5. The normalized spacial score (nSPS) is 15.4. The van der Waals surface area contributed by atoms with Crippen LogP contribution < -0.4 is 10.5 Å². The second kappa shape index (κ2) is 6.50. The number of carbonyl (C=O) groups is 1. The molecular weight excluding hydrogens is 332 g/mol. The number of hydrogen-bond acceptors (Lipinski definition) is 7. The molecular formula is C15H10N4O4S. The fourth-order valence-corrected chi connectivity index (χ4v) is 2.55. The maximum Gasteiger partial charge on any atom is 0.287 e. The lowest BCUT2D eigenvalue weighted by Gasteiger charge is -2.04. The van der Waals surface area contributed by atoms with Gasteiger partial charge in [-0.3, -0.25) is 14.9 Å². The van der Waals surface area contributed by atoms with Crippen LogP contribution in [0.2, 0.25) is 0 Å². The average Bonchev–Trinajstić information content (AvgIpc) is 2.87. The highest BCUT2D eigenvalue weighted by Gasteiger charge is 2.19. The molecule has 0 bridgehead atoms. The maximum absolute atomic E-state index is 11.5. The molecule has 0 unspecified atom stereocenters. The van der Waals surface area contributed by atoms with Crippen molar-refractivity contribution in [3.63, 3.8) is 0 Å². The third-order valence-electron chi connectivity index (χ3n) is 2.97. The lowest BCUT2D eigenvalue weighted by atomic mass is 10.2. The first-order valence-corrected chi connectivity index (χ1v) is 7.49. The van der Waals surface area contributed by atoms with Gasteiger partial charge >= 0.3 is 0 Å². The minimum Gasteiger partial charge on any atom is -0.439 e. The molecule has 0 radical (unpaired) electrons. The Morgan fingerprint density at radius 2 is 1.96 bits per heavy atom. The van der Waals surface area contributed by atoms with Crippen LogP contribution in [0.3, 0.4) is 0 Å². The smallest absolute Gasteiger partial charge is 0.287 e. The first kappa shape index (κ1) is 15.7. The summed E-state index contributed by atoms with van der Waals surface area (Å²) < 4.78 is 5.51. The van der Waals surface area contributed by atoms with Crippen LogP contribution in [-0.2, 0) is 4.79 Å². The van der Waals surface area contributed by atoms with Crippen molar-refractivity contribution in [1.29, 1.82) is 0 Å². The number of aromatic nitrogens is 1. The standard InChI is InChI=1S/C15H10N4O4S/c16-15-18-14(20)12(24-15)7-9-1-4-11(5-2-9)23-13-6-3-10(8-17-13)19(21)22/h1-8H,(H2,16,18,20). The van der Waals surface area contributed by atoms with E-state index in [9.17, 15) is 14.9 Å². The zero-order valence-electron chi connectivity index (χ0n) is 12.1. The van der Waals surface area contributed by atoms with Crippen molar-refractivity contribution in [3.05, 3.63) is 63.2 Å². The lowest BCUT2D eigenvalue weighted by Crippen LogP contribution is -2.01. The van der Waals surface area contributed by atoms with Gasteiger partial charge in [-0.2, -0.15) is 4.99 Å². The van der Waals surface area contributed by atoms with Gasteiger partial charge in [0.1, 0.15) is 11.9 Å². The Labute approximate surface area is 140 Å². The van der Waals surface area contributed by atoms with E-state index < -0.39 is 4.92 Å². The van der Waals surface area contributed by atoms with E-state index in [0.29, 0.717) is 10.7 Å². The van der Waals surface area contributed by atoms with Crippen LogP contribution in [0, 0.1) is 10.1 Å². The fourth-order valence-electron chi connectivity index (χ4n) is 1.87. The molecule has 0 saturated carbocycles. The summed E-state index contributed by atoms with van der Waals surface area (Å²) in [7, 11) is 0. The lowest BCUT2D eigenvalue weighted by molar-refractivity contribution is -0.385. The molecule has 8 nitrogen and oxygen atoms in total. The molecule has 1 aliphatic heterocycles. The van der Waals surface area contributed by atoms with Gasteiger partial charge in [0.25, 0.3) is 11.6 Å². The molecule has 0 spiro atoms. The van der Waals surface area contributed by atoms with Crippen LogP contribution in [0.25, 0.3) is 6.08 Å². The Morgan fingerprint density at radius 3 is 2.50 bits per heavy atom. The molecule has 2 aromatic rings. The van der Waals surface area contributed by atoms with Crippen molar-refractivity contribution < 1.29 is 14.5 Å². The number of benzene rings is 1. The minimum absolute atomic E-state index is 0.107. The van der Waals surface area contributed by atoms with Crippen molar-refractivity contribution in [2.24, 2.45) is 10.7 Å². The predicted octanol–water partition coefficient (Wildman–Crippen LogP) is 2.71. The van der Waals surface area contributed by atoms with Gasteiger partial charge in [0.2, 0.25) is 5.88 Å². The number of nitrogens with two attached hydrogens (primary N) is 1. The van der Waals surface area contributed by atoms with Gasteiger partial charge in [-0.25, -0.2) is 4.98 Å². The molecule has 1 aromatic carbocycles. The van der Waals surface area contributed by atoms with Crippen LogP contribution in [0.15, 0.2) is 52.5 Å². The number of aliphatic imine (C=N–C) groups is 1. The van der Waals surface area contributed by atoms with Gasteiger partial charge in [0, 0.05) is 12.1 Å². The summed E-state index contributed by atoms with van der Waals surface area (Å²) in [6.45, 7) is 0. The van der Waals surface area contributed by atoms with Crippen LogP contribution in [0.1, 0.15) is 5.56 Å². The molecule has 0 aliphatic carbocycles. The van der Waals surface area contributed by atoms with E-state index in [-0.39, 0.29) is 22.6 Å². The number of hydrogen-bond donors (Lipinski definition) is 1. The van der Waals surface area contributed by atoms with Crippen LogP contribution in [-0.4, -0.2) is 21.0 Å². The summed E-state index contributed by atoms with van der Waals surface area (Å²) in [6.07, 6.45) is 2.81. The highest BCUT2D eigenvalue weighted by atomic mass is 32.2. The Morgan fingerprint density at radius 1 is 1.21 bits per heavy atom. The van der Waals surface area contributed by atoms with Crippen molar-refractivity contribution >= 4 is 34.6 Å². The van der Waals surface area contributed by atoms with E-state index >= 15 is 0 Å². The number of nitro groups is 1. The zero-order chi connectivity index (χ0) is 17.1. The van der Waals surface area contributed by atoms with Gasteiger partial charge in [-0.1, -0.05) is 12.1 Å². The third-order valence-corrected chi connectivity index (χ3v) is 3.78. The first-order chi connectivity index (χ1) is 11.5. The molecule has 3 rings (SSSR count). The first-order valence-electron chi connectivity index (χ1n) is 6.68. The molecule has 120 valence electrons. The predicted molar refractivity (Wildman–Crippen MR) is 89.6 cm³/mol. The van der Waals surface area contributed by atoms with E-state index in [4.69, 9.17) is 10.5 Å². The number of amides is 1. The molecule has 0 saturated heterocycles. The molecule has 1 aliphatic rings. The fraction of sp³-hybridized carbons (Fsp3) is 0. The van der Waals surface area contributed by atoms with Crippen molar-refractivity contribution in [3.8, 4) is 11.6 Å². The van der Waals surface area contributed by atoms with E-state index in [1.807, 2.05) is 0 Å². The number of nitrogens with zero attached hydrogens (tertiary/aromatic N) is 3.